The van der Waals surface area contributed by atoms with Crippen LogP contribution in [0.1, 0.15) is 29.9 Å². The molecule has 0 amide bonds. The Morgan fingerprint density at radius 2 is 1.94 bits per heavy atom. The summed E-state index contributed by atoms with van der Waals surface area (Å²) < 4.78 is 32.7. The van der Waals surface area contributed by atoms with Crippen LogP contribution in [0.5, 0.6) is 0 Å². The summed E-state index contributed by atoms with van der Waals surface area (Å²) in [6.45, 7) is 1.09. The normalized spacial score (nSPS) is 16.8. The van der Waals surface area contributed by atoms with Crippen molar-refractivity contribution in [2.45, 2.75) is 25.2 Å². The van der Waals surface area contributed by atoms with E-state index in [1.54, 1.807) is 0 Å². The molecule has 3 nitrogen and oxygen atoms in total. The monoisotopic (exact) mass is 256 g/mol. The average Bonchev–Trinajstić information content (AvgIpc) is 2.34. The highest BCUT2D eigenvalue weighted by Gasteiger charge is 2.21. The van der Waals surface area contributed by atoms with E-state index in [9.17, 15) is 13.6 Å². The van der Waals surface area contributed by atoms with Gasteiger partial charge in [-0.15, -0.1) is 0 Å². The van der Waals surface area contributed by atoms with Crippen LogP contribution < -0.4 is 0 Å². The summed E-state index contributed by atoms with van der Waals surface area (Å²) in [4.78, 5) is 10.5. The summed E-state index contributed by atoms with van der Waals surface area (Å²) in [5.74, 6) is -2.40. The van der Waals surface area contributed by atoms with Crippen molar-refractivity contribution in [2.75, 3.05) is 13.2 Å². The molecule has 1 aromatic carbocycles. The second-order valence-corrected chi connectivity index (χ2v) is 4.42. The molecule has 0 unspecified atom stereocenters. The summed E-state index contributed by atoms with van der Waals surface area (Å²) in [7, 11) is 0. The third-order valence-corrected chi connectivity index (χ3v) is 3.17. The summed E-state index contributed by atoms with van der Waals surface area (Å²) in [5, 5.41) is 8.59. The van der Waals surface area contributed by atoms with Gasteiger partial charge in [0.05, 0.1) is 6.42 Å². The van der Waals surface area contributed by atoms with Crippen molar-refractivity contribution in [2.24, 2.45) is 0 Å². The molecule has 0 aromatic heterocycles. The highest BCUT2D eigenvalue weighted by Crippen LogP contribution is 2.30. The third-order valence-electron chi connectivity index (χ3n) is 3.17. The maximum absolute atomic E-state index is 13.9. The van der Waals surface area contributed by atoms with E-state index in [-0.39, 0.29) is 11.5 Å². The molecule has 2 rings (SSSR count). The number of carbonyl (C=O) groups is 1. The fourth-order valence-electron chi connectivity index (χ4n) is 2.22. The van der Waals surface area contributed by atoms with Crippen molar-refractivity contribution >= 4 is 5.97 Å². The van der Waals surface area contributed by atoms with Gasteiger partial charge in [0.2, 0.25) is 0 Å². The fourth-order valence-corrected chi connectivity index (χ4v) is 2.22. The second-order valence-electron chi connectivity index (χ2n) is 4.42. The standard InChI is InChI=1S/C13H14F2O3/c14-11-7-10(8-1-3-18-4-2-8)12(15)5-9(11)6-13(16)17/h5,7-8H,1-4,6H2,(H,16,17). The number of hydrogen-bond donors (Lipinski definition) is 1. The molecule has 1 heterocycles. The zero-order chi connectivity index (χ0) is 13.1. The van der Waals surface area contributed by atoms with E-state index in [2.05, 4.69) is 0 Å². The van der Waals surface area contributed by atoms with Gasteiger partial charge in [-0.3, -0.25) is 4.79 Å². The minimum Gasteiger partial charge on any atom is -0.481 e. The van der Waals surface area contributed by atoms with E-state index in [1.807, 2.05) is 0 Å². The van der Waals surface area contributed by atoms with Gasteiger partial charge in [-0.2, -0.15) is 0 Å². The van der Waals surface area contributed by atoms with Crippen molar-refractivity contribution in [1.82, 2.24) is 0 Å². The van der Waals surface area contributed by atoms with Crippen LogP contribution in [0.15, 0.2) is 12.1 Å². The molecule has 1 N–H and O–H groups in total. The summed E-state index contributed by atoms with van der Waals surface area (Å²) in [6, 6.07) is 2.12. The molecular formula is C13H14F2O3. The molecule has 1 aliphatic heterocycles. The van der Waals surface area contributed by atoms with Crippen LogP contribution >= 0.6 is 0 Å². The first kappa shape index (κ1) is 13.0. The molecule has 0 atom stereocenters. The van der Waals surface area contributed by atoms with Crippen LogP contribution in [-0.4, -0.2) is 24.3 Å². The van der Waals surface area contributed by atoms with Gasteiger partial charge < -0.3 is 9.84 Å². The lowest BCUT2D eigenvalue weighted by Crippen LogP contribution is -2.16. The highest BCUT2D eigenvalue weighted by atomic mass is 19.1. The van der Waals surface area contributed by atoms with Crippen LogP contribution in [0, 0.1) is 11.6 Å². The number of aliphatic carboxylic acids is 1. The van der Waals surface area contributed by atoms with Crippen molar-refractivity contribution in [3.8, 4) is 0 Å². The SMILES string of the molecule is O=C(O)Cc1cc(F)c(C2CCOCC2)cc1F. The Bertz CT molecular complexity index is 454. The first-order chi connectivity index (χ1) is 8.58. The van der Waals surface area contributed by atoms with Crippen molar-refractivity contribution in [1.29, 1.82) is 0 Å². The Morgan fingerprint density at radius 1 is 1.28 bits per heavy atom. The van der Waals surface area contributed by atoms with Crippen LogP contribution in [0.4, 0.5) is 8.78 Å². The Hall–Kier alpha value is -1.49. The second kappa shape index (κ2) is 5.44. The number of hydrogen-bond acceptors (Lipinski definition) is 2. The number of carboxylic acids is 1. The minimum atomic E-state index is -1.17. The van der Waals surface area contributed by atoms with E-state index in [0.29, 0.717) is 31.6 Å². The van der Waals surface area contributed by atoms with Crippen LogP contribution in [0.25, 0.3) is 0 Å². The van der Waals surface area contributed by atoms with Crippen molar-refractivity contribution in [3.63, 3.8) is 0 Å². The smallest absolute Gasteiger partial charge is 0.307 e. The summed E-state index contributed by atoms with van der Waals surface area (Å²) >= 11 is 0. The van der Waals surface area contributed by atoms with Crippen LogP contribution in [0.2, 0.25) is 0 Å². The number of ether oxygens (including phenoxy) is 1. The zero-order valence-corrected chi connectivity index (χ0v) is 9.79. The topological polar surface area (TPSA) is 46.5 Å². The lowest BCUT2D eigenvalue weighted by atomic mass is 9.90. The first-order valence-electron chi connectivity index (χ1n) is 5.85. The van der Waals surface area contributed by atoms with E-state index < -0.39 is 24.0 Å². The summed E-state index contributed by atoms with van der Waals surface area (Å²) in [6.07, 6.45) is 0.820. The Labute approximate surface area is 103 Å². The molecule has 0 aliphatic carbocycles. The number of halogens is 2. The first-order valence-corrected chi connectivity index (χ1v) is 5.85. The molecule has 1 fully saturated rings. The van der Waals surface area contributed by atoms with Gasteiger partial charge in [-0.05, 0) is 36.5 Å². The molecule has 1 saturated heterocycles. The average molecular weight is 256 g/mol. The van der Waals surface area contributed by atoms with Gasteiger partial charge in [0, 0.05) is 18.8 Å². The van der Waals surface area contributed by atoms with Gasteiger partial charge in [0.25, 0.3) is 0 Å². The minimum absolute atomic E-state index is 0.0490. The fraction of sp³-hybridized carbons (Fsp3) is 0.462. The zero-order valence-electron chi connectivity index (χ0n) is 9.79. The maximum Gasteiger partial charge on any atom is 0.307 e. The van der Waals surface area contributed by atoms with E-state index in [0.717, 1.165) is 12.1 Å². The van der Waals surface area contributed by atoms with E-state index in [4.69, 9.17) is 9.84 Å². The molecule has 5 heteroatoms. The largest absolute Gasteiger partial charge is 0.481 e. The molecular weight excluding hydrogens is 242 g/mol. The molecule has 98 valence electrons. The number of carboxylic acid groups (broad SMARTS) is 1. The van der Waals surface area contributed by atoms with Crippen molar-refractivity contribution in [3.05, 3.63) is 34.9 Å². The van der Waals surface area contributed by atoms with E-state index in [1.165, 1.54) is 0 Å². The maximum atomic E-state index is 13.9. The highest BCUT2D eigenvalue weighted by molar-refractivity contribution is 5.70. The molecule has 0 bridgehead atoms. The third kappa shape index (κ3) is 2.85. The Balaban J connectivity index is 2.26. The Kier molecular flexibility index (Phi) is 3.91. The predicted octanol–water partition coefficient (Wildman–Crippen LogP) is 2.49. The van der Waals surface area contributed by atoms with E-state index >= 15 is 0 Å². The molecule has 1 aliphatic rings. The van der Waals surface area contributed by atoms with Crippen LogP contribution in [0.3, 0.4) is 0 Å². The lowest BCUT2D eigenvalue weighted by Gasteiger charge is -2.23. The van der Waals surface area contributed by atoms with Gasteiger partial charge in [-0.1, -0.05) is 0 Å². The number of rotatable bonds is 3. The number of benzene rings is 1. The summed E-state index contributed by atoms with van der Waals surface area (Å²) in [5.41, 5.74) is 0.209. The molecule has 18 heavy (non-hydrogen) atoms. The van der Waals surface area contributed by atoms with Gasteiger partial charge >= 0.3 is 5.97 Å². The Morgan fingerprint density at radius 3 is 2.56 bits per heavy atom. The van der Waals surface area contributed by atoms with Gasteiger partial charge in [0.1, 0.15) is 11.6 Å². The molecule has 0 spiro atoms. The lowest BCUT2D eigenvalue weighted by molar-refractivity contribution is -0.136. The predicted molar refractivity (Wildman–Crippen MR) is 60.5 cm³/mol. The van der Waals surface area contributed by atoms with Gasteiger partial charge in [-0.25, -0.2) is 8.78 Å². The molecule has 0 radical (unpaired) electrons. The van der Waals surface area contributed by atoms with Gasteiger partial charge in [0.15, 0.2) is 0 Å². The quantitative estimate of drug-likeness (QED) is 0.903. The van der Waals surface area contributed by atoms with Crippen LogP contribution in [-0.2, 0) is 16.0 Å². The molecule has 0 saturated carbocycles. The molecule has 1 aromatic rings. The van der Waals surface area contributed by atoms with Crippen molar-refractivity contribution < 1.29 is 23.4 Å².